The summed E-state index contributed by atoms with van der Waals surface area (Å²) >= 11 is 0. The van der Waals surface area contributed by atoms with E-state index in [9.17, 15) is 9.59 Å². The average Bonchev–Trinajstić information content (AvgIpc) is 2.24. The van der Waals surface area contributed by atoms with Crippen LogP contribution in [0.2, 0.25) is 0 Å². The second-order valence-electron chi connectivity index (χ2n) is 4.62. The molecule has 1 aliphatic heterocycles. The van der Waals surface area contributed by atoms with Crippen LogP contribution >= 0.6 is 0 Å². The molecule has 0 N–H and O–H groups in total. The number of rotatable bonds is 0. The average molecular weight is 196 g/mol. The van der Waals surface area contributed by atoms with Gasteiger partial charge in [-0.15, -0.1) is 0 Å². The first kappa shape index (κ1) is 9.69. The van der Waals surface area contributed by atoms with E-state index in [1.807, 2.05) is 6.92 Å². The Kier molecular flexibility index (Phi) is 2.33. The lowest BCUT2D eigenvalue weighted by Crippen LogP contribution is -2.43. The number of carbonyl (C=O) groups excluding carboxylic acids is 2. The van der Waals surface area contributed by atoms with Crippen LogP contribution in [0.3, 0.4) is 0 Å². The maximum atomic E-state index is 11.3. The molecule has 0 aromatic carbocycles. The highest BCUT2D eigenvalue weighted by Gasteiger charge is 2.43. The van der Waals surface area contributed by atoms with Gasteiger partial charge in [-0.2, -0.15) is 0 Å². The SMILES string of the molecule is C[C@]12CCC(=O)CC1CCCC(=O)O2. The molecule has 2 aliphatic rings. The number of hydrogen-bond acceptors (Lipinski definition) is 3. The molecular formula is C11H16O3. The monoisotopic (exact) mass is 196 g/mol. The fourth-order valence-corrected chi connectivity index (χ4v) is 2.53. The standard InChI is InChI=1S/C11H16O3/c1-11-6-5-9(12)7-8(11)3-2-4-10(13)14-11/h8H,2-7H2,1H3/t8?,11-/m0/s1. The van der Waals surface area contributed by atoms with Crippen LogP contribution in [-0.4, -0.2) is 17.4 Å². The van der Waals surface area contributed by atoms with Gasteiger partial charge in [0.05, 0.1) is 0 Å². The van der Waals surface area contributed by atoms with E-state index in [4.69, 9.17) is 4.74 Å². The predicted octanol–water partition coefficient (Wildman–Crippen LogP) is 1.84. The van der Waals surface area contributed by atoms with Crippen LogP contribution in [0.1, 0.15) is 45.4 Å². The van der Waals surface area contributed by atoms with Gasteiger partial charge in [0.15, 0.2) is 0 Å². The van der Waals surface area contributed by atoms with E-state index in [0.29, 0.717) is 31.5 Å². The van der Waals surface area contributed by atoms with Gasteiger partial charge in [-0.05, 0) is 26.2 Å². The number of ether oxygens (including phenoxy) is 1. The number of carbonyl (C=O) groups is 2. The lowest BCUT2D eigenvalue weighted by molar-refractivity contribution is -0.166. The molecule has 2 fully saturated rings. The number of esters is 1. The van der Waals surface area contributed by atoms with Crippen molar-refractivity contribution in [1.29, 1.82) is 0 Å². The third-order valence-corrected chi connectivity index (χ3v) is 3.52. The molecule has 0 bridgehead atoms. The normalized spacial score (nSPS) is 38.5. The summed E-state index contributed by atoms with van der Waals surface area (Å²) in [5.41, 5.74) is -0.360. The Bertz CT molecular complexity index is 272. The fourth-order valence-electron chi connectivity index (χ4n) is 2.53. The van der Waals surface area contributed by atoms with Gasteiger partial charge in [-0.25, -0.2) is 0 Å². The summed E-state index contributed by atoms with van der Waals surface area (Å²) in [4.78, 5) is 22.6. The van der Waals surface area contributed by atoms with E-state index in [0.717, 1.165) is 12.8 Å². The van der Waals surface area contributed by atoms with Crippen molar-refractivity contribution < 1.29 is 14.3 Å². The summed E-state index contributed by atoms with van der Waals surface area (Å²) in [7, 11) is 0. The van der Waals surface area contributed by atoms with Crippen molar-refractivity contribution in [2.45, 2.75) is 51.0 Å². The maximum absolute atomic E-state index is 11.3. The molecule has 0 amide bonds. The first-order chi connectivity index (χ1) is 6.60. The van der Waals surface area contributed by atoms with Crippen LogP contribution in [0.4, 0.5) is 0 Å². The third kappa shape index (κ3) is 1.68. The summed E-state index contributed by atoms with van der Waals surface area (Å²) < 4.78 is 5.46. The molecular weight excluding hydrogens is 180 g/mol. The van der Waals surface area contributed by atoms with Crippen LogP contribution in [0, 0.1) is 5.92 Å². The Labute approximate surface area is 83.8 Å². The Morgan fingerprint density at radius 1 is 1.36 bits per heavy atom. The summed E-state index contributed by atoms with van der Waals surface area (Å²) in [6, 6.07) is 0. The summed E-state index contributed by atoms with van der Waals surface area (Å²) in [6.45, 7) is 1.98. The predicted molar refractivity (Wildman–Crippen MR) is 50.7 cm³/mol. The first-order valence-electron chi connectivity index (χ1n) is 5.34. The van der Waals surface area contributed by atoms with Gasteiger partial charge in [0.25, 0.3) is 0 Å². The van der Waals surface area contributed by atoms with Crippen molar-refractivity contribution >= 4 is 11.8 Å². The van der Waals surface area contributed by atoms with Crippen LogP contribution in [-0.2, 0) is 14.3 Å². The molecule has 1 aliphatic carbocycles. The molecule has 0 spiro atoms. The molecule has 1 saturated carbocycles. The summed E-state index contributed by atoms with van der Waals surface area (Å²) in [5, 5.41) is 0. The molecule has 0 aromatic heterocycles. The second-order valence-corrected chi connectivity index (χ2v) is 4.62. The van der Waals surface area contributed by atoms with Crippen LogP contribution in [0.5, 0.6) is 0 Å². The highest BCUT2D eigenvalue weighted by atomic mass is 16.6. The molecule has 0 aromatic rings. The molecule has 1 unspecified atom stereocenters. The van der Waals surface area contributed by atoms with E-state index >= 15 is 0 Å². The topological polar surface area (TPSA) is 43.4 Å². The van der Waals surface area contributed by atoms with Gasteiger partial charge in [0.2, 0.25) is 0 Å². The Balaban J connectivity index is 2.18. The molecule has 3 nitrogen and oxygen atoms in total. The van der Waals surface area contributed by atoms with Crippen LogP contribution < -0.4 is 0 Å². The smallest absolute Gasteiger partial charge is 0.306 e. The number of fused-ring (bicyclic) bond motifs is 1. The van der Waals surface area contributed by atoms with Crippen LogP contribution in [0.15, 0.2) is 0 Å². The second kappa shape index (κ2) is 3.37. The van der Waals surface area contributed by atoms with Crippen molar-refractivity contribution in [2.75, 3.05) is 0 Å². The van der Waals surface area contributed by atoms with E-state index in [1.54, 1.807) is 0 Å². The summed E-state index contributed by atoms with van der Waals surface area (Å²) in [5.74, 6) is 0.491. The molecule has 0 radical (unpaired) electrons. The lowest BCUT2D eigenvalue weighted by atomic mass is 9.74. The maximum Gasteiger partial charge on any atom is 0.306 e. The minimum atomic E-state index is -0.360. The summed E-state index contributed by atoms with van der Waals surface area (Å²) in [6.07, 6.45) is 4.22. The molecule has 1 heterocycles. The zero-order chi connectivity index (χ0) is 10.2. The fraction of sp³-hybridized carbons (Fsp3) is 0.818. The minimum absolute atomic E-state index is 0.0932. The molecule has 1 saturated heterocycles. The van der Waals surface area contributed by atoms with Crippen molar-refractivity contribution in [1.82, 2.24) is 0 Å². The van der Waals surface area contributed by atoms with E-state index in [-0.39, 0.29) is 17.5 Å². The van der Waals surface area contributed by atoms with Gasteiger partial charge in [-0.1, -0.05) is 0 Å². The Morgan fingerprint density at radius 3 is 2.93 bits per heavy atom. The molecule has 2 atom stereocenters. The zero-order valence-electron chi connectivity index (χ0n) is 8.54. The number of hydrogen-bond donors (Lipinski definition) is 0. The molecule has 78 valence electrons. The van der Waals surface area contributed by atoms with Crippen molar-refractivity contribution in [3.63, 3.8) is 0 Å². The largest absolute Gasteiger partial charge is 0.459 e. The van der Waals surface area contributed by atoms with Gasteiger partial charge in [0.1, 0.15) is 11.4 Å². The van der Waals surface area contributed by atoms with Crippen molar-refractivity contribution in [3.05, 3.63) is 0 Å². The van der Waals surface area contributed by atoms with Gasteiger partial charge >= 0.3 is 5.97 Å². The highest BCUT2D eigenvalue weighted by molar-refractivity contribution is 5.80. The Hall–Kier alpha value is -0.860. The van der Waals surface area contributed by atoms with E-state index in [2.05, 4.69) is 0 Å². The molecule has 14 heavy (non-hydrogen) atoms. The Morgan fingerprint density at radius 2 is 2.14 bits per heavy atom. The highest BCUT2D eigenvalue weighted by Crippen LogP contribution is 2.40. The van der Waals surface area contributed by atoms with Crippen molar-refractivity contribution in [3.8, 4) is 0 Å². The number of Topliss-reactive ketones (excluding diaryl/α,β-unsaturated/α-hetero) is 1. The van der Waals surface area contributed by atoms with Crippen LogP contribution in [0.25, 0.3) is 0 Å². The minimum Gasteiger partial charge on any atom is -0.459 e. The van der Waals surface area contributed by atoms with Crippen molar-refractivity contribution in [2.24, 2.45) is 5.92 Å². The van der Waals surface area contributed by atoms with Gasteiger partial charge < -0.3 is 4.74 Å². The molecule has 3 heteroatoms. The lowest BCUT2D eigenvalue weighted by Gasteiger charge is -2.38. The molecule has 2 rings (SSSR count). The third-order valence-electron chi connectivity index (χ3n) is 3.52. The zero-order valence-corrected chi connectivity index (χ0v) is 8.54. The van der Waals surface area contributed by atoms with E-state index < -0.39 is 0 Å². The number of ketones is 1. The van der Waals surface area contributed by atoms with Gasteiger partial charge in [-0.3, -0.25) is 9.59 Å². The first-order valence-corrected chi connectivity index (χ1v) is 5.34. The quantitative estimate of drug-likeness (QED) is 0.555. The van der Waals surface area contributed by atoms with E-state index in [1.165, 1.54) is 0 Å². The van der Waals surface area contributed by atoms with Gasteiger partial charge in [0, 0.05) is 25.2 Å².